The van der Waals surface area contributed by atoms with Gasteiger partial charge in [0.1, 0.15) is 12.4 Å². The number of ether oxygens (including phenoxy) is 1. The van der Waals surface area contributed by atoms with Crippen LogP contribution in [-0.2, 0) is 36.6 Å². The number of esters is 1. The summed E-state index contributed by atoms with van der Waals surface area (Å²) in [4.78, 5) is 37.1. The molecule has 1 fully saturated rings. The number of aromatic hydroxyl groups is 1. The molecule has 8 heteroatoms. The fourth-order valence-electron chi connectivity index (χ4n) is 4.38. The Morgan fingerprint density at radius 1 is 1.00 bits per heavy atom. The molecule has 198 valence electrons. The minimum absolute atomic E-state index is 0.00346. The molecule has 0 aliphatic carbocycles. The third kappa shape index (κ3) is 5.85. The van der Waals surface area contributed by atoms with Gasteiger partial charge in [-0.05, 0) is 39.2 Å². The van der Waals surface area contributed by atoms with Gasteiger partial charge in [0.05, 0.1) is 6.04 Å². The van der Waals surface area contributed by atoms with Crippen molar-refractivity contribution < 1.29 is 34.4 Å². The minimum Gasteiger partial charge on any atom is -0.507 e. The Hall–Kier alpha value is -3.65. The Bertz CT molecular complexity index is 1220. The van der Waals surface area contributed by atoms with Gasteiger partial charge in [-0.15, -0.1) is 0 Å². The molecule has 0 spiro atoms. The number of carboxylic acid groups (broad SMARTS) is 2. The van der Waals surface area contributed by atoms with Crippen LogP contribution in [-0.4, -0.2) is 38.8 Å². The Balaban J connectivity index is 2.14. The molecular formula is C29H35NO7. The van der Waals surface area contributed by atoms with Gasteiger partial charge >= 0.3 is 17.9 Å². The lowest BCUT2D eigenvalue weighted by molar-refractivity contribution is -0.158. The van der Waals surface area contributed by atoms with Crippen LogP contribution in [0.5, 0.6) is 5.75 Å². The van der Waals surface area contributed by atoms with Gasteiger partial charge in [-0.1, -0.05) is 77.9 Å². The first kappa shape index (κ1) is 27.9. The first-order valence-electron chi connectivity index (χ1n) is 12.1. The van der Waals surface area contributed by atoms with E-state index in [1.54, 1.807) is 18.2 Å². The first-order valence-corrected chi connectivity index (χ1v) is 12.1. The number of rotatable bonds is 6. The number of phenols is 1. The predicted octanol–water partition coefficient (Wildman–Crippen LogP) is 4.60. The molecule has 4 N–H and O–H groups in total. The zero-order valence-corrected chi connectivity index (χ0v) is 22.1. The molecule has 8 nitrogen and oxygen atoms in total. The van der Waals surface area contributed by atoms with Crippen molar-refractivity contribution in [2.45, 2.75) is 77.0 Å². The molecule has 3 rings (SSSR count). The van der Waals surface area contributed by atoms with E-state index in [0.717, 1.165) is 17.2 Å². The Morgan fingerprint density at radius 2 is 1.59 bits per heavy atom. The van der Waals surface area contributed by atoms with E-state index in [9.17, 15) is 29.7 Å². The van der Waals surface area contributed by atoms with E-state index in [1.165, 1.54) is 0 Å². The lowest BCUT2D eigenvalue weighted by atomic mass is 9.77. The van der Waals surface area contributed by atoms with Crippen molar-refractivity contribution >= 4 is 17.9 Å². The van der Waals surface area contributed by atoms with E-state index in [1.807, 2.05) is 65.8 Å². The summed E-state index contributed by atoms with van der Waals surface area (Å²) in [7, 11) is 0. The number of hydrogen-bond donors (Lipinski definition) is 4. The number of carbonyl (C=O) groups excluding carboxylic acids is 1. The quantitative estimate of drug-likeness (QED) is 0.252. The van der Waals surface area contributed by atoms with Crippen molar-refractivity contribution in [3.8, 4) is 5.75 Å². The van der Waals surface area contributed by atoms with Crippen LogP contribution >= 0.6 is 0 Å². The lowest BCUT2D eigenvalue weighted by Crippen LogP contribution is -2.54. The van der Waals surface area contributed by atoms with Crippen molar-refractivity contribution in [1.29, 1.82) is 0 Å². The molecule has 1 aliphatic heterocycles. The Morgan fingerprint density at radius 3 is 2.11 bits per heavy atom. The first-order chi connectivity index (χ1) is 17.1. The number of nitrogens with one attached hydrogen (secondary N) is 1. The number of aliphatic carboxylic acids is 2. The molecule has 0 amide bonds. The molecule has 1 unspecified atom stereocenters. The molecule has 2 aromatic carbocycles. The van der Waals surface area contributed by atoms with Crippen LogP contribution in [0.25, 0.3) is 0 Å². The van der Waals surface area contributed by atoms with Crippen LogP contribution in [0.15, 0.2) is 54.1 Å². The molecule has 37 heavy (non-hydrogen) atoms. The Kier molecular flexibility index (Phi) is 7.56. The zero-order valence-electron chi connectivity index (χ0n) is 22.1. The summed E-state index contributed by atoms with van der Waals surface area (Å²) in [6.07, 6.45) is 0.654. The van der Waals surface area contributed by atoms with Gasteiger partial charge in [-0.3, -0.25) is 5.32 Å². The van der Waals surface area contributed by atoms with Crippen LogP contribution in [0.2, 0.25) is 0 Å². The van der Waals surface area contributed by atoms with E-state index in [0.29, 0.717) is 11.1 Å². The summed E-state index contributed by atoms with van der Waals surface area (Å²) in [5.74, 6) is -3.99. The van der Waals surface area contributed by atoms with Crippen LogP contribution < -0.4 is 5.32 Å². The van der Waals surface area contributed by atoms with Crippen molar-refractivity contribution in [2.75, 3.05) is 0 Å². The number of carbonyl (C=O) groups is 3. The average Bonchev–Trinajstić information content (AvgIpc) is 3.17. The van der Waals surface area contributed by atoms with Gasteiger partial charge in [-0.25, -0.2) is 14.4 Å². The van der Waals surface area contributed by atoms with E-state index < -0.39 is 41.3 Å². The lowest BCUT2D eigenvalue weighted by Gasteiger charge is -2.29. The van der Waals surface area contributed by atoms with Crippen LogP contribution in [0.1, 0.15) is 76.3 Å². The maximum absolute atomic E-state index is 12.8. The topological polar surface area (TPSA) is 133 Å². The van der Waals surface area contributed by atoms with Crippen LogP contribution in [0.4, 0.5) is 0 Å². The summed E-state index contributed by atoms with van der Waals surface area (Å²) < 4.78 is 5.35. The SMILES string of the molecule is CC(C)(C)c1cc(C2NC(C(=O)O)(C(=O)O)C/C2=C\C(=O)OCc2ccccc2)c(O)c(C(C)(C)C)c1. The molecule has 1 saturated heterocycles. The van der Waals surface area contributed by atoms with Crippen molar-refractivity contribution in [3.63, 3.8) is 0 Å². The number of phenolic OH excluding ortho intramolecular Hbond substituents is 1. The van der Waals surface area contributed by atoms with Crippen molar-refractivity contribution in [2.24, 2.45) is 0 Å². The highest BCUT2D eigenvalue weighted by atomic mass is 16.5. The maximum Gasteiger partial charge on any atom is 0.336 e. The molecule has 0 bridgehead atoms. The molecule has 1 aliphatic rings. The highest BCUT2D eigenvalue weighted by Crippen LogP contribution is 2.46. The normalized spacial score (nSPS) is 18.5. The van der Waals surface area contributed by atoms with Crippen LogP contribution in [0.3, 0.4) is 0 Å². The molecule has 2 aromatic rings. The minimum atomic E-state index is -2.37. The van der Waals surface area contributed by atoms with Crippen molar-refractivity contribution in [1.82, 2.24) is 5.32 Å². The van der Waals surface area contributed by atoms with Gasteiger partial charge in [0.25, 0.3) is 0 Å². The molecule has 0 radical (unpaired) electrons. The van der Waals surface area contributed by atoms with Gasteiger partial charge < -0.3 is 20.1 Å². The summed E-state index contributed by atoms with van der Waals surface area (Å²) >= 11 is 0. The second kappa shape index (κ2) is 10.0. The summed E-state index contributed by atoms with van der Waals surface area (Å²) in [6, 6.07) is 11.7. The molecule has 0 saturated carbocycles. The van der Waals surface area contributed by atoms with E-state index in [-0.39, 0.29) is 23.3 Å². The third-order valence-electron chi connectivity index (χ3n) is 6.61. The highest BCUT2D eigenvalue weighted by Gasteiger charge is 2.55. The van der Waals surface area contributed by atoms with E-state index in [4.69, 9.17) is 4.74 Å². The molecule has 0 aromatic heterocycles. The van der Waals surface area contributed by atoms with Gasteiger partial charge in [0, 0.05) is 18.1 Å². The summed E-state index contributed by atoms with van der Waals surface area (Å²) in [5, 5.41) is 33.8. The number of hydrogen-bond acceptors (Lipinski definition) is 6. The summed E-state index contributed by atoms with van der Waals surface area (Å²) in [6.45, 7) is 11.9. The largest absolute Gasteiger partial charge is 0.507 e. The monoisotopic (exact) mass is 509 g/mol. The fourth-order valence-corrected chi connectivity index (χ4v) is 4.38. The van der Waals surface area contributed by atoms with Crippen LogP contribution in [0, 0.1) is 0 Å². The van der Waals surface area contributed by atoms with E-state index in [2.05, 4.69) is 5.32 Å². The highest BCUT2D eigenvalue weighted by molar-refractivity contribution is 6.04. The maximum atomic E-state index is 12.8. The molecule has 1 atom stereocenters. The van der Waals surface area contributed by atoms with Gasteiger partial charge in [0.2, 0.25) is 5.54 Å². The van der Waals surface area contributed by atoms with Gasteiger partial charge in [-0.2, -0.15) is 0 Å². The second-order valence-corrected chi connectivity index (χ2v) is 11.5. The smallest absolute Gasteiger partial charge is 0.336 e. The predicted molar refractivity (Wildman–Crippen MR) is 138 cm³/mol. The standard InChI is InChI=1S/C29H35NO7/c1-27(2,3)19-13-20(24(32)21(14-19)28(4,5)6)23-18(15-29(30-23,25(33)34)26(35)36)12-22(31)37-16-17-10-8-7-9-11-17/h7-14,23,30,32H,15-16H2,1-6H3,(H,33,34)(H,35,36)/b18-12+. The number of carboxylic acids is 2. The second-order valence-electron chi connectivity index (χ2n) is 11.5. The third-order valence-corrected chi connectivity index (χ3v) is 6.61. The molecule has 1 heterocycles. The fraction of sp³-hybridized carbons (Fsp3) is 0.414. The summed E-state index contributed by atoms with van der Waals surface area (Å²) in [5.41, 5.74) is -0.377. The van der Waals surface area contributed by atoms with Gasteiger partial charge in [0.15, 0.2) is 0 Å². The number of benzene rings is 2. The van der Waals surface area contributed by atoms with E-state index >= 15 is 0 Å². The zero-order chi connectivity index (χ0) is 27.8. The average molecular weight is 510 g/mol. The van der Waals surface area contributed by atoms with Crippen molar-refractivity contribution in [3.05, 3.63) is 76.4 Å². The Labute approximate surface area is 217 Å². The molecular weight excluding hydrogens is 474 g/mol.